The van der Waals surface area contributed by atoms with E-state index in [2.05, 4.69) is 41.5 Å². The van der Waals surface area contributed by atoms with Crippen LogP contribution in [0.1, 0.15) is 106 Å². The minimum Gasteiger partial charge on any atom is -0.349 e. The molecular formula is C34H54O8Y-2. The van der Waals surface area contributed by atoms with Gasteiger partial charge < -0.3 is 32.8 Å². The largest absolute Gasteiger partial charge is 0.349 e. The van der Waals surface area contributed by atoms with Gasteiger partial charge in [0.2, 0.25) is 11.6 Å². The number of hydrogen-bond donors (Lipinski definition) is 0. The van der Waals surface area contributed by atoms with Crippen molar-refractivity contribution in [2.45, 2.75) is 153 Å². The summed E-state index contributed by atoms with van der Waals surface area (Å²) in [4.78, 5) is 23.7. The van der Waals surface area contributed by atoms with Crippen LogP contribution in [-0.4, -0.2) is 47.6 Å². The molecule has 8 nitrogen and oxygen atoms in total. The summed E-state index contributed by atoms with van der Waals surface area (Å²) >= 11 is 0. The fourth-order valence-corrected chi connectivity index (χ4v) is 10.6. The van der Waals surface area contributed by atoms with Crippen molar-refractivity contribution in [3.63, 3.8) is 0 Å². The predicted octanol–water partition coefficient (Wildman–Crippen LogP) is 6.92. The molecule has 1 radical (unpaired) electrons. The maximum absolute atomic E-state index is 6.32. The van der Waals surface area contributed by atoms with Gasteiger partial charge in [0, 0.05) is 69.6 Å². The molecule has 10 fully saturated rings. The average Bonchev–Trinajstić information content (AvgIpc) is 3.34. The van der Waals surface area contributed by atoms with E-state index in [-0.39, 0.29) is 57.5 Å². The molecule has 0 aromatic rings. The molecule has 0 N–H and O–H groups in total. The Morgan fingerprint density at radius 2 is 0.953 bits per heavy atom. The predicted molar refractivity (Wildman–Crippen MR) is 154 cm³/mol. The van der Waals surface area contributed by atoms with E-state index in [1.54, 1.807) is 0 Å². The summed E-state index contributed by atoms with van der Waals surface area (Å²) < 4.78 is 25.2. The summed E-state index contributed by atoms with van der Waals surface area (Å²) in [6, 6.07) is 0. The molecule has 243 valence electrons. The van der Waals surface area contributed by atoms with E-state index in [4.69, 9.17) is 38.5 Å². The summed E-state index contributed by atoms with van der Waals surface area (Å²) in [6.45, 7) is 21.3. The molecule has 2 spiro atoms. The Hall–Kier alpha value is 0.784. The Labute approximate surface area is 284 Å². The van der Waals surface area contributed by atoms with E-state index in [9.17, 15) is 0 Å². The van der Waals surface area contributed by atoms with Crippen LogP contribution in [0.25, 0.3) is 0 Å². The minimum absolute atomic E-state index is 0. The third-order valence-electron chi connectivity index (χ3n) is 13.2. The molecule has 10 aliphatic rings. The van der Waals surface area contributed by atoms with Gasteiger partial charge in [0.15, 0.2) is 23.8 Å². The van der Waals surface area contributed by atoms with Crippen LogP contribution in [-0.2, 0) is 71.2 Å². The number of fused-ring (bicyclic) bond motifs is 4. The summed E-state index contributed by atoms with van der Waals surface area (Å²) in [5.41, 5.74) is -0.836. The maximum Gasteiger partial charge on any atom is 0.201 e. The van der Waals surface area contributed by atoms with E-state index in [0.29, 0.717) is 47.3 Å². The number of ether oxygens (including phenoxy) is 4. The quantitative estimate of drug-likeness (QED) is 0.230. The van der Waals surface area contributed by atoms with E-state index in [1.165, 1.54) is 25.7 Å². The summed E-state index contributed by atoms with van der Waals surface area (Å²) in [7, 11) is 0. The molecule has 0 aromatic carbocycles. The molecule has 0 amide bonds. The van der Waals surface area contributed by atoms with Gasteiger partial charge in [-0.3, -0.25) is 0 Å². The molecule has 2 saturated carbocycles. The van der Waals surface area contributed by atoms with E-state index in [1.807, 2.05) is 13.8 Å². The van der Waals surface area contributed by atoms with Crippen molar-refractivity contribution in [2.75, 3.05) is 0 Å². The number of hydrogen-bond acceptors (Lipinski definition) is 8. The van der Waals surface area contributed by atoms with Gasteiger partial charge in [-0.25, -0.2) is 19.6 Å². The third kappa shape index (κ3) is 5.04. The Morgan fingerprint density at radius 3 is 1.33 bits per heavy atom. The molecule has 9 heteroatoms. The minimum atomic E-state index is -0.663. The van der Waals surface area contributed by atoms with Crippen LogP contribution >= 0.6 is 0 Å². The normalized spacial score (nSPS) is 58.0. The van der Waals surface area contributed by atoms with Gasteiger partial charge in [-0.15, -0.1) is 0 Å². The molecule has 4 bridgehead atoms. The smallest absolute Gasteiger partial charge is 0.201 e. The van der Waals surface area contributed by atoms with E-state index < -0.39 is 22.8 Å². The first-order valence-corrected chi connectivity index (χ1v) is 17.0. The van der Waals surface area contributed by atoms with Crippen molar-refractivity contribution in [3.8, 4) is 0 Å². The van der Waals surface area contributed by atoms with Crippen LogP contribution in [0.15, 0.2) is 0 Å². The standard InChI is InChI=1S/2C17H27O4.Y/c2*1-5-14-11(3)13-7-6-10(2)12-8-9-16(4)19-15(18-14)17(12,13)21-20-16;/h2*10-15H,1,5-9H2,2-4H3;/q2*-1;/t2*10-,11-,12+,13+,14-,15-,16+,17-;/m11./s1. The second kappa shape index (κ2) is 12.0. The molecule has 43 heavy (non-hydrogen) atoms. The van der Waals surface area contributed by atoms with Gasteiger partial charge in [0.25, 0.3) is 0 Å². The first kappa shape index (κ1) is 33.7. The van der Waals surface area contributed by atoms with Crippen molar-refractivity contribution in [3.05, 3.63) is 13.8 Å². The Bertz CT molecular complexity index is 939. The zero-order chi connectivity index (χ0) is 29.7. The van der Waals surface area contributed by atoms with Crippen molar-refractivity contribution >= 4 is 0 Å². The third-order valence-corrected chi connectivity index (χ3v) is 13.2. The van der Waals surface area contributed by atoms with Gasteiger partial charge in [0.05, 0.1) is 0 Å². The van der Waals surface area contributed by atoms with Crippen LogP contribution < -0.4 is 0 Å². The summed E-state index contributed by atoms with van der Waals surface area (Å²) in [5.74, 6) is 2.59. The zero-order valence-electron chi connectivity index (χ0n) is 27.3. The monoisotopic (exact) mass is 679 g/mol. The van der Waals surface area contributed by atoms with Crippen molar-refractivity contribution in [1.29, 1.82) is 0 Å². The topological polar surface area (TPSA) is 73.8 Å². The Kier molecular flexibility index (Phi) is 9.42. The van der Waals surface area contributed by atoms with Gasteiger partial charge >= 0.3 is 0 Å². The van der Waals surface area contributed by atoms with Crippen LogP contribution in [0.3, 0.4) is 0 Å². The first-order chi connectivity index (χ1) is 20.0. The first-order valence-electron chi connectivity index (χ1n) is 17.0. The van der Waals surface area contributed by atoms with Gasteiger partial charge in [-0.1, -0.05) is 27.7 Å². The van der Waals surface area contributed by atoms with Crippen LogP contribution in [0, 0.1) is 61.2 Å². The van der Waals surface area contributed by atoms with Crippen molar-refractivity contribution in [1.82, 2.24) is 0 Å². The molecule has 10 rings (SSSR count). The SMILES string of the molecule is [CH2-]C[C@H]1O[C@@H]2O[C@]3(C)CC[C@H]4[C@H](C)CC[C@@H]([C@H]1C)[C@@]24OO3.[CH2-]C[C@H]1O[C@@H]2O[C@]3(C)CC[C@H]4[C@H](C)CC[C@@H]([C@H]1C)[C@@]24OO3.[Y]. The molecule has 0 unspecified atom stereocenters. The molecule has 8 aliphatic heterocycles. The second-order valence-electron chi connectivity index (χ2n) is 15.5. The van der Waals surface area contributed by atoms with Crippen LogP contribution in [0.2, 0.25) is 0 Å². The van der Waals surface area contributed by atoms with Gasteiger partial charge in [-0.2, -0.15) is 12.8 Å². The van der Waals surface area contributed by atoms with Gasteiger partial charge in [-0.05, 0) is 87.9 Å². The summed E-state index contributed by atoms with van der Waals surface area (Å²) in [5, 5.41) is 0. The zero-order valence-corrected chi connectivity index (χ0v) is 30.1. The Morgan fingerprint density at radius 1 is 0.558 bits per heavy atom. The van der Waals surface area contributed by atoms with Crippen molar-refractivity contribution in [2.24, 2.45) is 47.3 Å². The number of rotatable bonds is 2. The molecule has 8 saturated heterocycles. The van der Waals surface area contributed by atoms with Crippen molar-refractivity contribution < 1.29 is 71.2 Å². The van der Waals surface area contributed by atoms with Crippen LogP contribution in [0.4, 0.5) is 0 Å². The molecule has 0 aromatic heterocycles. The fraction of sp³-hybridized carbons (Fsp3) is 0.941. The van der Waals surface area contributed by atoms with E-state index >= 15 is 0 Å². The summed E-state index contributed by atoms with van der Waals surface area (Å²) in [6.07, 6.45) is 10.1. The Balaban J connectivity index is 0.000000150. The fourth-order valence-electron chi connectivity index (χ4n) is 10.6. The molecule has 8 heterocycles. The average molecular weight is 680 g/mol. The second-order valence-corrected chi connectivity index (χ2v) is 15.5. The molecular weight excluding hydrogens is 625 g/mol. The maximum atomic E-state index is 6.32. The molecule has 16 atom stereocenters. The molecule has 2 aliphatic carbocycles. The van der Waals surface area contributed by atoms with E-state index in [0.717, 1.165) is 38.5 Å². The van der Waals surface area contributed by atoms with Crippen LogP contribution in [0.5, 0.6) is 0 Å². The van der Waals surface area contributed by atoms with Gasteiger partial charge in [0.1, 0.15) is 0 Å².